The summed E-state index contributed by atoms with van der Waals surface area (Å²) in [6.07, 6.45) is 7.08. The molecule has 0 spiro atoms. The maximum Gasteiger partial charge on any atom is 0.320 e. The van der Waals surface area contributed by atoms with Gasteiger partial charge in [0.05, 0.1) is 12.0 Å². The molecule has 18 heavy (non-hydrogen) atoms. The first-order chi connectivity index (χ1) is 8.46. The zero-order valence-corrected chi connectivity index (χ0v) is 11.0. The minimum Gasteiger partial charge on any atom is -0.481 e. The Morgan fingerprint density at radius 2 is 2.22 bits per heavy atom. The van der Waals surface area contributed by atoms with E-state index >= 15 is 0 Å². The first kappa shape index (κ1) is 14.4. The molecular weight excluding hydrogens is 232 g/mol. The quantitative estimate of drug-likeness (QED) is 0.766. The first-order valence-corrected chi connectivity index (χ1v) is 6.13. The molecule has 100 valence electrons. The van der Waals surface area contributed by atoms with Crippen LogP contribution in [0.3, 0.4) is 0 Å². The second-order valence-electron chi connectivity index (χ2n) is 4.85. The smallest absolute Gasteiger partial charge is 0.320 e. The molecule has 1 aliphatic rings. The number of nitrogens with zero attached hydrogens (tertiary/aromatic N) is 2. The highest BCUT2D eigenvalue weighted by Gasteiger charge is 2.45. The molecule has 1 aliphatic heterocycles. The number of terminal acetylenes is 1. The van der Waals surface area contributed by atoms with Crippen LogP contribution in [0.4, 0.5) is 4.79 Å². The number of urea groups is 1. The van der Waals surface area contributed by atoms with E-state index in [2.05, 4.69) is 5.92 Å². The van der Waals surface area contributed by atoms with E-state index in [9.17, 15) is 14.7 Å². The fraction of sp³-hybridized carbons (Fsp3) is 0.692. The molecule has 1 saturated heterocycles. The van der Waals surface area contributed by atoms with Crippen molar-refractivity contribution in [3.8, 4) is 12.3 Å². The summed E-state index contributed by atoms with van der Waals surface area (Å²) < 4.78 is 0. The number of likely N-dealkylation sites (tertiary alicyclic amines) is 1. The van der Waals surface area contributed by atoms with Crippen molar-refractivity contribution in [2.75, 3.05) is 26.7 Å². The predicted octanol–water partition coefficient (Wildman–Crippen LogP) is 1.25. The van der Waals surface area contributed by atoms with Gasteiger partial charge >= 0.3 is 12.0 Å². The highest BCUT2D eigenvalue weighted by atomic mass is 16.4. The first-order valence-electron chi connectivity index (χ1n) is 6.13. The highest BCUT2D eigenvalue weighted by Crippen LogP contribution is 2.35. The Hall–Kier alpha value is -1.70. The summed E-state index contributed by atoms with van der Waals surface area (Å²) in [7, 11) is 1.63. The average molecular weight is 252 g/mol. The van der Waals surface area contributed by atoms with Crippen molar-refractivity contribution in [3.05, 3.63) is 0 Å². The molecule has 5 heteroatoms. The van der Waals surface area contributed by atoms with E-state index in [0.717, 1.165) is 6.42 Å². The predicted molar refractivity (Wildman–Crippen MR) is 68.0 cm³/mol. The number of carbonyl (C=O) groups excluding carboxylic acids is 1. The number of amides is 2. The van der Waals surface area contributed by atoms with Crippen LogP contribution in [0, 0.1) is 17.8 Å². The molecular formula is C13H20N2O3. The van der Waals surface area contributed by atoms with Crippen LogP contribution < -0.4 is 0 Å². The Bertz CT molecular complexity index is 375. The molecule has 0 aromatic rings. The van der Waals surface area contributed by atoms with Crippen molar-refractivity contribution >= 4 is 12.0 Å². The molecule has 1 N–H and O–H groups in total. The summed E-state index contributed by atoms with van der Waals surface area (Å²) in [4.78, 5) is 26.4. The van der Waals surface area contributed by atoms with E-state index in [4.69, 9.17) is 6.42 Å². The third-order valence-corrected chi connectivity index (χ3v) is 3.46. The lowest BCUT2D eigenvalue weighted by Gasteiger charge is -2.26. The summed E-state index contributed by atoms with van der Waals surface area (Å²) >= 11 is 0. The topological polar surface area (TPSA) is 60.9 Å². The lowest BCUT2D eigenvalue weighted by atomic mass is 9.83. The van der Waals surface area contributed by atoms with Gasteiger partial charge in [0.1, 0.15) is 0 Å². The summed E-state index contributed by atoms with van der Waals surface area (Å²) in [6.45, 7) is 2.97. The summed E-state index contributed by atoms with van der Waals surface area (Å²) in [5.41, 5.74) is -0.776. The van der Waals surface area contributed by atoms with Gasteiger partial charge in [-0.2, -0.15) is 0 Å². The SMILES string of the molecule is C#CCN(C)C(=O)N1CCC(CCC)(C(=O)O)C1. The summed E-state index contributed by atoms with van der Waals surface area (Å²) in [6, 6.07) is -0.188. The van der Waals surface area contributed by atoms with Crippen molar-refractivity contribution in [2.45, 2.75) is 26.2 Å². The van der Waals surface area contributed by atoms with Crippen molar-refractivity contribution in [3.63, 3.8) is 0 Å². The summed E-state index contributed by atoms with van der Waals surface area (Å²) in [5.74, 6) is 1.60. The van der Waals surface area contributed by atoms with Crippen LogP contribution in [0.1, 0.15) is 26.2 Å². The molecule has 1 heterocycles. The number of aliphatic carboxylic acids is 1. The Balaban J connectivity index is 2.72. The molecule has 1 atom stereocenters. The zero-order valence-electron chi connectivity index (χ0n) is 11.0. The van der Waals surface area contributed by atoms with Crippen molar-refractivity contribution in [1.82, 2.24) is 9.80 Å². The van der Waals surface area contributed by atoms with Gasteiger partial charge in [-0.1, -0.05) is 19.3 Å². The zero-order chi connectivity index (χ0) is 13.8. The second kappa shape index (κ2) is 5.76. The van der Waals surface area contributed by atoms with Crippen LogP contribution in [0.15, 0.2) is 0 Å². The van der Waals surface area contributed by atoms with Gasteiger partial charge in [0.15, 0.2) is 0 Å². The number of rotatable bonds is 4. The number of carboxylic acids is 1. The molecule has 1 fully saturated rings. The molecule has 0 aliphatic carbocycles. The van der Waals surface area contributed by atoms with E-state index in [0.29, 0.717) is 19.4 Å². The monoisotopic (exact) mass is 252 g/mol. The van der Waals surface area contributed by atoms with Gasteiger partial charge in [-0.05, 0) is 12.8 Å². The lowest BCUT2D eigenvalue weighted by molar-refractivity contribution is -0.148. The molecule has 2 amide bonds. The Morgan fingerprint density at radius 3 is 2.72 bits per heavy atom. The van der Waals surface area contributed by atoms with E-state index in [1.807, 2.05) is 6.92 Å². The minimum atomic E-state index is -0.806. The van der Waals surface area contributed by atoms with Crippen molar-refractivity contribution in [1.29, 1.82) is 0 Å². The van der Waals surface area contributed by atoms with Gasteiger partial charge in [-0.15, -0.1) is 6.42 Å². The van der Waals surface area contributed by atoms with E-state index < -0.39 is 11.4 Å². The van der Waals surface area contributed by atoms with Gasteiger partial charge in [0.25, 0.3) is 0 Å². The van der Waals surface area contributed by atoms with Crippen LogP contribution >= 0.6 is 0 Å². The fourth-order valence-corrected chi connectivity index (χ4v) is 2.45. The lowest BCUT2D eigenvalue weighted by Crippen LogP contribution is -2.42. The van der Waals surface area contributed by atoms with Gasteiger partial charge in [0, 0.05) is 20.1 Å². The normalized spacial score (nSPS) is 22.6. The van der Waals surface area contributed by atoms with Crippen LogP contribution in [-0.4, -0.2) is 53.6 Å². The Kier molecular flexibility index (Phi) is 4.60. The molecule has 0 aromatic carbocycles. The number of hydrogen-bond acceptors (Lipinski definition) is 2. The van der Waals surface area contributed by atoms with Gasteiger partial charge in [0.2, 0.25) is 0 Å². The molecule has 5 nitrogen and oxygen atoms in total. The van der Waals surface area contributed by atoms with Gasteiger partial charge in [-0.3, -0.25) is 4.79 Å². The largest absolute Gasteiger partial charge is 0.481 e. The van der Waals surface area contributed by atoms with Crippen molar-refractivity contribution < 1.29 is 14.7 Å². The van der Waals surface area contributed by atoms with Crippen molar-refractivity contribution in [2.24, 2.45) is 5.41 Å². The molecule has 0 saturated carbocycles. The highest BCUT2D eigenvalue weighted by molar-refractivity contribution is 5.79. The third-order valence-electron chi connectivity index (χ3n) is 3.46. The van der Waals surface area contributed by atoms with Gasteiger partial charge < -0.3 is 14.9 Å². The number of carbonyl (C=O) groups is 2. The maximum absolute atomic E-state index is 12.0. The fourth-order valence-electron chi connectivity index (χ4n) is 2.45. The van der Waals surface area contributed by atoms with Crippen LogP contribution in [0.25, 0.3) is 0 Å². The van der Waals surface area contributed by atoms with Crippen LogP contribution in [-0.2, 0) is 4.79 Å². The van der Waals surface area contributed by atoms with Crippen LogP contribution in [0.2, 0.25) is 0 Å². The molecule has 0 aromatic heterocycles. The second-order valence-corrected chi connectivity index (χ2v) is 4.85. The van der Waals surface area contributed by atoms with E-state index in [1.54, 1.807) is 11.9 Å². The number of carboxylic acid groups (broad SMARTS) is 1. The van der Waals surface area contributed by atoms with Crippen LogP contribution in [0.5, 0.6) is 0 Å². The summed E-state index contributed by atoms with van der Waals surface area (Å²) in [5, 5.41) is 9.35. The molecule has 0 bridgehead atoms. The van der Waals surface area contributed by atoms with E-state index in [1.165, 1.54) is 4.90 Å². The average Bonchev–Trinajstić information content (AvgIpc) is 2.74. The minimum absolute atomic E-state index is 0.188. The molecule has 1 rings (SSSR count). The molecule has 1 unspecified atom stereocenters. The third kappa shape index (κ3) is 2.76. The maximum atomic E-state index is 12.0. The standard InChI is InChI=1S/C13H20N2O3/c1-4-6-13(11(16)17)7-9-15(10-13)12(18)14(3)8-5-2/h2H,4,6-10H2,1,3H3,(H,16,17). The Morgan fingerprint density at radius 1 is 1.56 bits per heavy atom. The Labute approximate surface area is 108 Å². The van der Waals surface area contributed by atoms with E-state index in [-0.39, 0.29) is 19.1 Å². The van der Waals surface area contributed by atoms with Gasteiger partial charge in [-0.25, -0.2) is 4.79 Å². The number of hydrogen-bond donors (Lipinski definition) is 1. The molecule has 0 radical (unpaired) electrons.